The molecule has 0 aliphatic heterocycles. The van der Waals surface area contributed by atoms with E-state index in [0.29, 0.717) is 28.9 Å². The summed E-state index contributed by atoms with van der Waals surface area (Å²) in [7, 11) is 0. The molecule has 0 radical (unpaired) electrons. The standard InChI is InChI=1S/C26H31ClN4O4/c1-26(2,35)12-11-17(24(28)33)14-23(32)21(13-16-7-3-4-8-18(16)27)31-25(34)22-15-29-19-9-5-6-10-20(19)30-22/h3-10,15,17,21,23,32,35H,11-14H2,1-2H3,(H2,28,33)(H,31,34)/t17?,21-,23-/m1/s1. The number of aromatic nitrogens is 2. The number of hydrogen-bond donors (Lipinski definition) is 4. The van der Waals surface area contributed by atoms with Gasteiger partial charge >= 0.3 is 0 Å². The fourth-order valence-corrected chi connectivity index (χ4v) is 4.07. The number of rotatable bonds is 11. The third kappa shape index (κ3) is 7.71. The van der Waals surface area contributed by atoms with Crippen LogP contribution in [0, 0.1) is 5.92 Å². The third-order valence-corrected chi connectivity index (χ3v) is 6.26. The van der Waals surface area contributed by atoms with E-state index in [0.717, 1.165) is 5.56 Å². The highest BCUT2D eigenvalue weighted by Gasteiger charge is 2.29. The van der Waals surface area contributed by atoms with Gasteiger partial charge in [-0.1, -0.05) is 41.9 Å². The monoisotopic (exact) mass is 498 g/mol. The van der Waals surface area contributed by atoms with Gasteiger partial charge in [0.25, 0.3) is 5.91 Å². The topological polar surface area (TPSA) is 138 Å². The molecule has 1 aromatic heterocycles. The molecule has 35 heavy (non-hydrogen) atoms. The van der Waals surface area contributed by atoms with Crippen molar-refractivity contribution in [2.45, 2.75) is 57.3 Å². The van der Waals surface area contributed by atoms with Crippen molar-refractivity contribution in [3.8, 4) is 0 Å². The number of carbonyl (C=O) groups excluding carboxylic acids is 2. The summed E-state index contributed by atoms with van der Waals surface area (Å²) >= 11 is 6.33. The smallest absolute Gasteiger partial charge is 0.271 e. The molecule has 0 saturated heterocycles. The first-order chi connectivity index (χ1) is 16.5. The van der Waals surface area contributed by atoms with Crippen LogP contribution >= 0.6 is 11.6 Å². The van der Waals surface area contributed by atoms with Crippen LogP contribution < -0.4 is 11.1 Å². The molecule has 3 atom stereocenters. The van der Waals surface area contributed by atoms with Crippen LogP contribution in [0.1, 0.15) is 49.2 Å². The van der Waals surface area contributed by atoms with Gasteiger partial charge in [0, 0.05) is 10.9 Å². The summed E-state index contributed by atoms with van der Waals surface area (Å²) in [5, 5.41) is 24.5. The lowest BCUT2D eigenvalue weighted by Crippen LogP contribution is -2.46. The Labute approximate surface area is 209 Å². The lowest BCUT2D eigenvalue weighted by Gasteiger charge is -2.28. The number of hydrogen-bond acceptors (Lipinski definition) is 6. The van der Waals surface area contributed by atoms with Gasteiger partial charge in [-0.05, 0) is 63.3 Å². The number of primary amides is 1. The van der Waals surface area contributed by atoms with Crippen LogP contribution in [-0.4, -0.2) is 49.7 Å². The molecule has 0 aliphatic rings. The van der Waals surface area contributed by atoms with Crippen LogP contribution in [0.15, 0.2) is 54.7 Å². The van der Waals surface area contributed by atoms with Crippen LogP contribution in [0.25, 0.3) is 11.0 Å². The summed E-state index contributed by atoms with van der Waals surface area (Å²) < 4.78 is 0. The van der Waals surface area contributed by atoms with Gasteiger partial charge in [-0.25, -0.2) is 4.98 Å². The molecule has 1 unspecified atom stereocenters. The number of nitrogens with one attached hydrogen (secondary N) is 1. The molecular formula is C26H31ClN4O4. The third-order valence-electron chi connectivity index (χ3n) is 5.89. The van der Waals surface area contributed by atoms with Crippen LogP contribution in [0.4, 0.5) is 0 Å². The van der Waals surface area contributed by atoms with E-state index in [2.05, 4.69) is 15.3 Å². The molecule has 0 spiro atoms. The molecule has 0 fully saturated rings. The Morgan fingerprint density at radius 2 is 1.77 bits per heavy atom. The fraction of sp³-hybridized carbons (Fsp3) is 0.385. The Balaban J connectivity index is 1.82. The number of nitrogens with zero attached hydrogens (tertiary/aromatic N) is 2. The molecule has 3 rings (SSSR count). The summed E-state index contributed by atoms with van der Waals surface area (Å²) in [4.78, 5) is 33.8. The second-order valence-electron chi connectivity index (χ2n) is 9.37. The van der Waals surface area contributed by atoms with Crippen molar-refractivity contribution in [1.29, 1.82) is 0 Å². The Morgan fingerprint density at radius 3 is 2.43 bits per heavy atom. The summed E-state index contributed by atoms with van der Waals surface area (Å²) in [6.45, 7) is 3.29. The second kappa shape index (κ2) is 11.6. The van der Waals surface area contributed by atoms with E-state index in [1.807, 2.05) is 18.2 Å². The van der Waals surface area contributed by atoms with E-state index in [4.69, 9.17) is 17.3 Å². The van der Waals surface area contributed by atoms with E-state index in [-0.39, 0.29) is 18.5 Å². The van der Waals surface area contributed by atoms with Crippen LogP contribution in [0.5, 0.6) is 0 Å². The first kappa shape index (κ1) is 26.5. The Morgan fingerprint density at radius 1 is 1.11 bits per heavy atom. The van der Waals surface area contributed by atoms with E-state index in [1.54, 1.807) is 44.2 Å². The van der Waals surface area contributed by atoms with Crippen LogP contribution in [0.2, 0.25) is 5.02 Å². The van der Waals surface area contributed by atoms with Crippen molar-refractivity contribution in [3.05, 3.63) is 71.0 Å². The minimum absolute atomic E-state index is 0.0181. The average molecular weight is 499 g/mol. The SMILES string of the molecule is CC(C)(O)CCC(C[C@@H](O)[C@@H](Cc1ccccc1Cl)NC(=O)c1cnc2ccccc2n1)C(N)=O. The summed E-state index contributed by atoms with van der Waals surface area (Å²) in [6, 6.07) is 13.6. The lowest BCUT2D eigenvalue weighted by molar-refractivity contribution is -0.123. The predicted molar refractivity (Wildman–Crippen MR) is 135 cm³/mol. The number of carbonyl (C=O) groups is 2. The van der Waals surface area contributed by atoms with Gasteiger partial charge in [0.05, 0.1) is 35.0 Å². The molecular weight excluding hydrogens is 468 g/mol. The van der Waals surface area contributed by atoms with Gasteiger partial charge in [-0.3, -0.25) is 14.6 Å². The van der Waals surface area contributed by atoms with Crippen molar-refractivity contribution >= 4 is 34.4 Å². The average Bonchev–Trinajstić information content (AvgIpc) is 2.81. The Bertz CT molecular complexity index is 1180. The van der Waals surface area contributed by atoms with Crippen molar-refractivity contribution in [3.63, 3.8) is 0 Å². The van der Waals surface area contributed by atoms with E-state index >= 15 is 0 Å². The summed E-state index contributed by atoms with van der Waals surface area (Å²) in [6.07, 6.45) is 1.16. The zero-order valence-corrected chi connectivity index (χ0v) is 20.6. The van der Waals surface area contributed by atoms with E-state index < -0.39 is 35.5 Å². The molecule has 3 aromatic rings. The summed E-state index contributed by atoms with van der Waals surface area (Å²) in [5.74, 6) is -1.76. The van der Waals surface area contributed by atoms with Gasteiger partial charge in [0.2, 0.25) is 5.91 Å². The largest absolute Gasteiger partial charge is 0.391 e. The number of halogens is 1. The molecule has 8 nitrogen and oxygen atoms in total. The maximum Gasteiger partial charge on any atom is 0.271 e. The molecule has 5 N–H and O–H groups in total. The first-order valence-electron chi connectivity index (χ1n) is 11.5. The minimum Gasteiger partial charge on any atom is -0.391 e. The summed E-state index contributed by atoms with van der Waals surface area (Å²) in [5.41, 5.74) is 6.67. The van der Waals surface area contributed by atoms with Crippen molar-refractivity contribution in [2.75, 3.05) is 0 Å². The van der Waals surface area contributed by atoms with Crippen molar-refractivity contribution < 1.29 is 19.8 Å². The number of aliphatic hydroxyl groups is 2. The number of amides is 2. The van der Waals surface area contributed by atoms with E-state index in [1.165, 1.54) is 6.20 Å². The number of fused-ring (bicyclic) bond motifs is 1. The fourth-order valence-electron chi connectivity index (χ4n) is 3.85. The normalized spacial score (nSPS) is 14.3. The molecule has 2 aromatic carbocycles. The molecule has 0 bridgehead atoms. The van der Waals surface area contributed by atoms with Gasteiger partial charge in [0.15, 0.2) is 0 Å². The van der Waals surface area contributed by atoms with Gasteiger partial charge < -0.3 is 21.3 Å². The predicted octanol–water partition coefficient (Wildman–Crippen LogP) is 3.03. The number of benzene rings is 2. The van der Waals surface area contributed by atoms with Crippen molar-refractivity contribution in [2.24, 2.45) is 11.7 Å². The minimum atomic E-state index is -1.11. The van der Waals surface area contributed by atoms with E-state index in [9.17, 15) is 19.8 Å². The van der Waals surface area contributed by atoms with Crippen molar-refractivity contribution in [1.82, 2.24) is 15.3 Å². The molecule has 1 heterocycles. The zero-order chi connectivity index (χ0) is 25.6. The molecule has 9 heteroatoms. The highest BCUT2D eigenvalue weighted by atomic mass is 35.5. The van der Waals surface area contributed by atoms with Gasteiger partial charge in [-0.2, -0.15) is 0 Å². The molecule has 2 amide bonds. The first-order valence-corrected chi connectivity index (χ1v) is 11.9. The number of nitrogens with two attached hydrogens (primary N) is 1. The lowest BCUT2D eigenvalue weighted by atomic mass is 9.87. The van der Waals surface area contributed by atoms with Crippen LogP contribution in [-0.2, 0) is 11.2 Å². The Kier molecular flexibility index (Phi) is 8.77. The number of aliphatic hydroxyl groups excluding tert-OH is 1. The molecule has 186 valence electrons. The molecule has 0 saturated carbocycles. The Hall–Kier alpha value is -3.07. The van der Waals surface area contributed by atoms with Gasteiger partial charge in [0.1, 0.15) is 5.69 Å². The van der Waals surface area contributed by atoms with Crippen LogP contribution in [0.3, 0.4) is 0 Å². The number of para-hydroxylation sites is 2. The van der Waals surface area contributed by atoms with Gasteiger partial charge in [-0.15, -0.1) is 0 Å². The maximum absolute atomic E-state index is 13.1. The second-order valence-corrected chi connectivity index (χ2v) is 9.78. The highest BCUT2D eigenvalue weighted by molar-refractivity contribution is 6.31. The maximum atomic E-state index is 13.1. The zero-order valence-electron chi connectivity index (χ0n) is 19.8. The quantitative estimate of drug-likeness (QED) is 0.320. The highest BCUT2D eigenvalue weighted by Crippen LogP contribution is 2.23. The molecule has 0 aliphatic carbocycles.